The average molecular weight is 489 g/mol. The highest BCUT2D eigenvalue weighted by atomic mass is 79.9. The van der Waals surface area contributed by atoms with Gasteiger partial charge in [-0.15, -0.1) is 0 Å². The van der Waals surface area contributed by atoms with Gasteiger partial charge in [0.05, 0.1) is 12.2 Å². The first kappa shape index (κ1) is 18.0. The molecule has 0 aliphatic heterocycles. The molecule has 2 heterocycles. The van der Waals surface area contributed by atoms with Gasteiger partial charge in [0, 0.05) is 21.3 Å². The highest BCUT2D eigenvalue weighted by molar-refractivity contribution is 9.10. The Balaban J connectivity index is 1.34. The molecule has 0 aliphatic carbocycles. The Morgan fingerprint density at radius 3 is 2.67 bits per heavy atom. The van der Waals surface area contributed by atoms with Gasteiger partial charge in [-0.25, -0.2) is 4.98 Å². The molecule has 0 fully saturated rings. The molecule has 1 amide bonds. The number of nitrogens with zero attached hydrogens (tertiary/aromatic N) is 2. The van der Waals surface area contributed by atoms with E-state index in [4.69, 9.17) is 4.74 Å². The first-order valence-corrected chi connectivity index (χ1v) is 9.87. The minimum absolute atomic E-state index is 0.0407. The number of rotatable bonds is 5. The number of amides is 1. The van der Waals surface area contributed by atoms with Crippen LogP contribution in [-0.2, 0) is 11.3 Å². The van der Waals surface area contributed by atoms with Crippen molar-refractivity contribution in [2.24, 2.45) is 0 Å². The number of hydrogen-bond donors (Lipinski definition) is 1. The molecular weight excluding hydrogens is 474 g/mol. The van der Waals surface area contributed by atoms with Crippen molar-refractivity contribution in [3.63, 3.8) is 0 Å². The Hall–Kier alpha value is -2.38. The normalized spacial score (nSPS) is 11.0. The molecule has 0 aliphatic rings. The summed E-state index contributed by atoms with van der Waals surface area (Å²) in [6.07, 6.45) is 3.82. The zero-order chi connectivity index (χ0) is 18.8. The number of halogens is 2. The lowest BCUT2D eigenvalue weighted by Crippen LogP contribution is -2.28. The second kappa shape index (κ2) is 7.70. The van der Waals surface area contributed by atoms with E-state index in [1.807, 2.05) is 65.3 Å². The molecular formula is C20H15Br2N3O2. The topological polar surface area (TPSA) is 55.6 Å². The summed E-state index contributed by atoms with van der Waals surface area (Å²) in [7, 11) is 0. The maximum absolute atomic E-state index is 12.1. The molecule has 0 radical (unpaired) electrons. The zero-order valence-electron chi connectivity index (χ0n) is 14.2. The van der Waals surface area contributed by atoms with Crippen LogP contribution >= 0.6 is 31.9 Å². The minimum Gasteiger partial charge on any atom is -0.484 e. The lowest BCUT2D eigenvalue weighted by Gasteiger charge is -2.08. The van der Waals surface area contributed by atoms with Crippen LogP contribution in [0.3, 0.4) is 0 Å². The molecule has 0 spiro atoms. The molecule has 27 heavy (non-hydrogen) atoms. The summed E-state index contributed by atoms with van der Waals surface area (Å²) in [5.41, 5.74) is 1.62. The summed E-state index contributed by atoms with van der Waals surface area (Å²) in [6, 6.07) is 15.6. The third-order valence-corrected chi connectivity index (χ3v) is 5.04. The zero-order valence-corrected chi connectivity index (χ0v) is 17.3. The van der Waals surface area contributed by atoms with Crippen LogP contribution in [0.1, 0.15) is 5.69 Å². The molecule has 0 saturated carbocycles. The molecule has 0 unspecified atom stereocenters. The van der Waals surface area contributed by atoms with Crippen molar-refractivity contribution in [3.8, 4) is 5.75 Å². The van der Waals surface area contributed by atoms with Crippen LogP contribution in [0, 0.1) is 0 Å². The first-order valence-electron chi connectivity index (χ1n) is 8.29. The summed E-state index contributed by atoms with van der Waals surface area (Å²) in [4.78, 5) is 16.6. The predicted molar refractivity (Wildman–Crippen MR) is 112 cm³/mol. The average Bonchev–Trinajstić information content (AvgIpc) is 3.06. The highest BCUT2D eigenvalue weighted by Crippen LogP contribution is 2.24. The number of imidazole rings is 1. The second-order valence-corrected chi connectivity index (χ2v) is 7.90. The Labute approximate surface area is 172 Å². The summed E-state index contributed by atoms with van der Waals surface area (Å²) in [5.74, 6) is 0.474. The number of carbonyl (C=O) groups is 1. The smallest absolute Gasteiger partial charge is 0.258 e. The van der Waals surface area contributed by atoms with Crippen molar-refractivity contribution < 1.29 is 9.53 Å². The molecule has 0 atom stereocenters. The van der Waals surface area contributed by atoms with E-state index < -0.39 is 0 Å². The van der Waals surface area contributed by atoms with Crippen LogP contribution in [0.5, 0.6) is 5.75 Å². The van der Waals surface area contributed by atoms with Crippen LogP contribution in [0.15, 0.2) is 69.9 Å². The van der Waals surface area contributed by atoms with Crippen LogP contribution in [0.2, 0.25) is 0 Å². The molecule has 4 aromatic rings. The van der Waals surface area contributed by atoms with Gasteiger partial charge in [-0.05, 0) is 63.1 Å². The summed E-state index contributed by atoms with van der Waals surface area (Å²) < 4.78 is 9.53. The van der Waals surface area contributed by atoms with Gasteiger partial charge in [-0.2, -0.15) is 0 Å². The van der Waals surface area contributed by atoms with E-state index in [0.29, 0.717) is 12.3 Å². The Morgan fingerprint density at radius 2 is 1.78 bits per heavy atom. The van der Waals surface area contributed by atoms with Gasteiger partial charge in [-0.3, -0.25) is 4.79 Å². The standard InChI is InChI=1S/C20H15Br2N3O2/c21-15-3-1-14-8-18(5-2-13(14)7-15)27-12-20(26)23-9-17-11-25-10-16(22)4-6-19(25)24-17/h1-8,10-11H,9,12H2,(H,23,26). The lowest BCUT2D eigenvalue weighted by atomic mass is 10.1. The maximum Gasteiger partial charge on any atom is 0.258 e. The minimum atomic E-state index is -0.191. The Morgan fingerprint density at radius 1 is 1.00 bits per heavy atom. The number of ether oxygens (including phenoxy) is 1. The molecule has 2 aromatic heterocycles. The quantitative estimate of drug-likeness (QED) is 0.442. The number of carbonyl (C=O) groups excluding carboxylic acids is 1. The fourth-order valence-corrected chi connectivity index (χ4v) is 3.51. The van der Waals surface area contributed by atoms with Gasteiger partial charge >= 0.3 is 0 Å². The van der Waals surface area contributed by atoms with Gasteiger partial charge in [0.25, 0.3) is 5.91 Å². The van der Waals surface area contributed by atoms with E-state index in [-0.39, 0.29) is 12.5 Å². The number of aromatic nitrogens is 2. The number of pyridine rings is 1. The van der Waals surface area contributed by atoms with Gasteiger partial charge in [-0.1, -0.05) is 28.1 Å². The van der Waals surface area contributed by atoms with Gasteiger partial charge in [0.2, 0.25) is 0 Å². The van der Waals surface area contributed by atoms with Crippen LogP contribution < -0.4 is 10.1 Å². The number of hydrogen-bond acceptors (Lipinski definition) is 3. The molecule has 2 aromatic carbocycles. The molecule has 136 valence electrons. The van der Waals surface area contributed by atoms with Crippen molar-refractivity contribution in [3.05, 3.63) is 75.6 Å². The first-order chi connectivity index (χ1) is 13.1. The van der Waals surface area contributed by atoms with Crippen LogP contribution in [-0.4, -0.2) is 21.9 Å². The number of nitrogens with one attached hydrogen (secondary N) is 1. The van der Waals surface area contributed by atoms with Crippen molar-refractivity contribution in [2.75, 3.05) is 6.61 Å². The van der Waals surface area contributed by atoms with E-state index in [2.05, 4.69) is 42.2 Å². The molecule has 1 N–H and O–H groups in total. The largest absolute Gasteiger partial charge is 0.484 e. The summed E-state index contributed by atoms with van der Waals surface area (Å²) >= 11 is 6.89. The van der Waals surface area contributed by atoms with E-state index >= 15 is 0 Å². The molecule has 7 heteroatoms. The Kier molecular flexibility index (Phi) is 5.13. The number of benzene rings is 2. The van der Waals surface area contributed by atoms with Gasteiger partial charge < -0.3 is 14.5 Å². The Bertz CT molecular complexity index is 1140. The van der Waals surface area contributed by atoms with E-state index in [9.17, 15) is 4.79 Å². The van der Waals surface area contributed by atoms with E-state index in [0.717, 1.165) is 31.1 Å². The van der Waals surface area contributed by atoms with Gasteiger partial charge in [0.1, 0.15) is 11.4 Å². The molecule has 4 rings (SSSR count). The highest BCUT2D eigenvalue weighted by Gasteiger charge is 2.07. The van der Waals surface area contributed by atoms with Gasteiger partial charge in [0.15, 0.2) is 6.61 Å². The van der Waals surface area contributed by atoms with Crippen molar-refractivity contribution in [1.29, 1.82) is 0 Å². The third kappa shape index (κ3) is 4.31. The fourth-order valence-electron chi connectivity index (χ4n) is 2.78. The predicted octanol–water partition coefficient (Wildman–Crippen LogP) is 4.71. The summed E-state index contributed by atoms with van der Waals surface area (Å²) in [6.45, 7) is 0.314. The van der Waals surface area contributed by atoms with Crippen molar-refractivity contribution in [1.82, 2.24) is 14.7 Å². The van der Waals surface area contributed by atoms with Crippen molar-refractivity contribution in [2.45, 2.75) is 6.54 Å². The van der Waals surface area contributed by atoms with Crippen molar-refractivity contribution >= 4 is 54.2 Å². The second-order valence-electron chi connectivity index (χ2n) is 6.06. The molecule has 0 bridgehead atoms. The van der Waals surface area contributed by atoms with E-state index in [1.165, 1.54) is 0 Å². The van der Waals surface area contributed by atoms with Crippen LogP contribution in [0.25, 0.3) is 16.4 Å². The van der Waals surface area contributed by atoms with Crippen LogP contribution in [0.4, 0.5) is 0 Å². The SMILES string of the molecule is O=C(COc1ccc2cc(Br)ccc2c1)NCc1cn2cc(Br)ccc2n1. The summed E-state index contributed by atoms with van der Waals surface area (Å²) in [5, 5.41) is 5.00. The maximum atomic E-state index is 12.1. The fraction of sp³-hybridized carbons (Fsp3) is 0.100. The third-order valence-electron chi connectivity index (χ3n) is 4.08. The monoisotopic (exact) mass is 487 g/mol. The molecule has 0 saturated heterocycles. The molecule has 5 nitrogen and oxygen atoms in total. The number of fused-ring (bicyclic) bond motifs is 2. The van der Waals surface area contributed by atoms with E-state index in [1.54, 1.807) is 0 Å². The lowest BCUT2D eigenvalue weighted by molar-refractivity contribution is -0.123.